The summed E-state index contributed by atoms with van der Waals surface area (Å²) < 4.78 is 0. The van der Waals surface area contributed by atoms with Crippen molar-refractivity contribution in [3.05, 3.63) is 83.2 Å². The van der Waals surface area contributed by atoms with E-state index in [9.17, 15) is 10.1 Å². The van der Waals surface area contributed by atoms with Crippen molar-refractivity contribution in [1.29, 1.82) is 0 Å². The summed E-state index contributed by atoms with van der Waals surface area (Å²) in [5.41, 5.74) is 3.37. The summed E-state index contributed by atoms with van der Waals surface area (Å²) in [5.74, 6) is 0. The molecule has 0 atom stereocenters. The van der Waals surface area contributed by atoms with Gasteiger partial charge in [-0.3, -0.25) is 15.1 Å². The van der Waals surface area contributed by atoms with Gasteiger partial charge in [-0.2, -0.15) is 0 Å². The number of nitro groups is 1. The van der Waals surface area contributed by atoms with E-state index in [2.05, 4.69) is 4.98 Å². The van der Waals surface area contributed by atoms with E-state index in [0.717, 1.165) is 16.7 Å². The SMILES string of the molecule is O=[N+]([O-])c1ccccc1-c1cncc(-c2ccccc2)c1. The molecule has 0 amide bonds. The highest BCUT2D eigenvalue weighted by Gasteiger charge is 2.14. The zero-order chi connectivity index (χ0) is 14.7. The summed E-state index contributed by atoms with van der Waals surface area (Å²) >= 11 is 0. The van der Waals surface area contributed by atoms with Crippen molar-refractivity contribution < 1.29 is 4.92 Å². The second kappa shape index (κ2) is 5.54. The number of aromatic nitrogens is 1. The third-order valence-electron chi connectivity index (χ3n) is 3.26. The van der Waals surface area contributed by atoms with Crippen LogP contribution >= 0.6 is 0 Å². The minimum atomic E-state index is -0.371. The van der Waals surface area contributed by atoms with E-state index in [1.165, 1.54) is 6.07 Å². The second-order valence-electron chi connectivity index (χ2n) is 4.60. The second-order valence-corrected chi connectivity index (χ2v) is 4.60. The molecule has 0 radical (unpaired) electrons. The highest BCUT2D eigenvalue weighted by molar-refractivity contribution is 5.77. The number of benzene rings is 2. The van der Waals surface area contributed by atoms with Crippen molar-refractivity contribution in [2.45, 2.75) is 0 Å². The minimum Gasteiger partial charge on any atom is -0.263 e. The van der Waals surface area contributed by atoms with Crippen LogP contribution in [0.15, 0.2) is 73.1 Å². The number of nitrogens with zero attached hydrogens (tertiary/aromatic N) is 2. The van der Waals surface area contributed by atoms with Crippen LogP contribution < -0.4 is 0 Å². The van der Waals surface area contributed by atoms with Crippen molar-refractivity contribution in [1.82, 2.24) is 4.98 Å². The van der Waals surface area contributed by atoms with Crippen LogP contribution in [0.2, 0.25) is 0 Å². The molecule has 0 bridgehead atoms. The molecule has 102 valence electrons. The molecule has 0 aliphatic carbocycles. The number of pyridine rings is 1. The van der Waals surface area contributed by atoms with E-state index in [0.29, 0.717) is 5.56 Å². The standard InChI is InChI=1S/C17H12N2O2/c20-19(21)17-9-5-4-8-16(17)15-10-14(11-18-12-15)13-6-2-1-3-7-13/h1-12H. The van der Waals surface area contributed by atoms with E-state index < -0.39 is 0 Å². The van der Waals surface area contributed by atoms with Gasteiger partial charge in [0.2, 0.25) is 0 Å². The van der Waals surface area contributed by atoms with Crippen LogP contribution in [0.25, 0.3) is 22.3 Å². The Labute approximate surface area is 121 Å². The molecule has 0 aliphatic rings. The largest absolute Gasteiger partial charge is 0.277 e. The molecule has 0 fully saturated rings. The number of hydrogen-bond acceptors (Lipinski definition) is 3. The van der Waals surface area contributed by atoms with Crippen molar-refractivity contribution >= 4 is 5.69 Å². The zero-order valence-electron chi connectivity index (χ0n) is 11.1. The van der Waals surface area contributed by atoms with Crippen LogP contribution in [-0.2, 0) is 0 Å². The van der Waals surface area contributed by atoms with Crippen LogP contribution in [-0.4, -0.2) is 9.91 Å². The van der Waals surface area contributed by atoms with E-state index in [-0.39, 0.29) is 10.6 Å². The Bertz CT molecular complexity index is 786. The maximum Gasteiger partial charge on any atom is 0.277 e. The molecule has 1 heterocycles. The Kier molecular flexibility index (Phi) is 3.43. The maximum absolute atomic E-state index is 11.1. The maximum atomic E-state index is 11.1. The molecular formula is C17H12N2O2. The van der Waals surface area contributed by atoms with Crippen molar-refractivity contribution in [3.63, 3.8) is 0 Å². The molecule has 0 spiro atoms. The first-order valence-electron chi connectivity index (χ1n) is 6.50. The van der Waals surface area contributed by atoms with Gasteiger partial charge in [-0.05, 0) is 17.7 Å². The highest BCUT2D eigenvalue weighted by atomic mass is 16.6. The molecule has 0 saturated heterocycles. The summed E-state index contributed by atoms with van der Waals surface area (Å²) in [7, 11) is 0. The van der Waals surface area contributed by atoms with Crippen LogP contribution in [0.4, 0.5) is 5.69 Å². The Balaban J connectivity index is 2.11. The van der Waals surface area contributed by atoms with Crippen molar-refractivity contribution in [2.75, 3.05) is 0 Å². The molecule has 0 saturated carbocycles. The molecule has 4 nitrogen and oxygen atoms in total. The topological polar surface area (TPSA) is 56.0 Å². The van der Waals surface area contributed by atoms with Crippen molar-refractivity contribution in [2.24, 2.45) is 0 Å². The number of nitro benzene ring substituents is 1. The Morgan fingerprint density at radius 3 is 2.24 bits per heavy atom. The quantitative estimate of drug-likeness (QED) is 0.528. The minimum absolute atomic E-state index is 0.0875. The van der Waals surface area contributed by atoms with Crippen LogP contribution in [0.3, 0.4) is 0 Å². The lowest BCUT2D eigenvalue weighted by atomic mass is 10.0. The number of rotatable bonds is 3. The zero-order valence-corrected chi connectivity index (χ0v) is 11.1. The van der Waals surface area contributed by atoms with E-state index in [4.69, 9.17) is 0 Å². The predicted octanol–water partition coefficient (Wildman–Crippen LogP) is 4.32. The molecule has 3 aromatic rings. The first kappa shape index (κ1) is 13.0. The normalized spacial score (nSPS) is 10.3. The predicted molar refractivity (Wildman–Crippen MR) is 81.8 cm³/mol. The number of para-hydroxylation sites is 1. The first-order valence-corrected chi connectivity index (χ1v) is 6.50. The van der Waals surface area contributed by atoms with Gasteiger partial charge in [-0.15, -0.1) is 0 Å². The van der Waals surface area contributed by atoms with Gasteiger partial charge in [0.15, 0.2) is 0 Å². The van der Waals surface area contributed by atoms with E-state index >= 15 is 0 Å². The van der Waals surface area contributed by atoms with Gasteiger partial charge in [0.05, 0.1) is 10.5 Å². The average Bonchev–Trinajstić information content (AvgIpc) is 2.56. The average molecular weight is 276 g/mol. The molecule has 1 aromatic heterocycles. The Hall–Kier alpha value is -3.01. The lowest BCUT2D eigenvalue weighted by molar-refractivity contribution is -0.384. The van der Waals surface area contributed by atoms with Crippen LogP contribution in [0.1, 0.15) is 0 Å². The molecule has 4 heteroatoms. The van der Waals surface area contributed by atoms with E-state index in [1.54, 1.807) is 30.6 Å². The summed E-state index contributed by atoms with van der Waals surface area (Å²) in [4.78, 5) is 15.0. The fourth-order valence-corrected chi connectivity index (χ4v) is 2.25. The molecule has 2 aromatic carbocycles. The highest BCUT2D eigenvalue weighted by Crippen LogP contribution is 2.31. The molecule has 3 rings (SSSR count). The lowest BCUT2D eigenvalue weighted by Gasteiger charge is -2.06. The smallest absolute Gasteiger partial charge is 0.263 e. The Morgan fingerprint density at radius 2 is 1.48 bits per heavy atom. The van der Waals surface area contributed by atoms with Gasteiger partial charge in [0, 0.05) is 29.6 Å². The summed E-state index contributed by atoms with van der Waals surface area (Å²) in [6.07, 6.45) is 3.41. The van der Waals surface area contributed by atoms with E-state index in [1.807, 2.05) is 36.4 Å². The van der Waals surface area contributed by atoms with Crippen molar-refractivity contribution in [3.8, 4) is 22.3 Å². The molecular weight excluding hydrogens is 264 g/mol. The monoisotopic (exact) mass is 276 g/mol. The summed E-state index contributed by atoms with van der Waals surface area (Å²) in [6.45, 7) is 0. The first-order chi connectivity index (χ1) is 10.3. The fourth-order valence-electron chi connectivity index (χ4n) is 2.25. The van der Waals surface area contributed by atoms with Gasteiger partial charge >= 0.3 is 0 Å². The van der Waals surface area contributed by atoms with Gasteiger partial charge in [0.1, 0.15) is 0 Å². The van der Waals surface area contributed by atoms with Crippen LogP contribution in [0, 0.1) is 10.1 Å². The van der Waals surface area contributed by atoms with Gasteiger partial charge in [0.25, 0.3) is 5.69 Å². The number of hydrogen-bond donors (Lipinski definition) is 0. The molecule has 0 aliphatic heterocycles. The molecule has 0 unspecified atom stereocenters. The summed E-state index contributed by atoms with van der Waals surface area (Å²) in [6, 6.07) is 18.4. The van der Waals surface area contributed by atoms with Gasteiger partial charge in [-0.25, -0.2) is 0 Å². The Morgan fingerprint density at radius 1 is 0.810 bits per heavy atom. The lowest BCUT2D eigenvalue weighted by Crippen LogP contribution is -1.92. The van der Waals surface area contributed by atoms with Gasteiger partial charge in [-0.1, -0.05) is 42.5 Å². The summed E-state index contributed by atoms with van der Waals surface area (Å²) in [5, 5.41) is 11.1. The van der Waals surface area contributed by atoms with Crippen LogP contribution in [0.5, 0.6) is 0 Å². The third-order valence-corrected chi connectivity index (χ3v) is 3.26. The molecule has 0 N–H and O–H groups in total. The molecule has 21 heavy (non-hydrogen) atoms. The third kappa shape index (κ3) is 2.65. The fraction of sp³-hybridized carbons (Fsp3) is 0. The van der Waals surface area contributed by atoms with Gasteiger partial charge < -0.3 is 0 Å².